The topological polar surface area (TPSA) is 26.0 Å². The lowest BCUT2D eigenvalue weighted by molar-refractivity contribution is 0.301. The minimum absolute atomic E-state index is 0.0714. The summed E-state index contributed by atoms with van der Waals surface area (Å²) in [6.07, 6.45) is 6.20. The van der Waals surface area contributed by atoms with E-state index in [4.69, 9.17) is 5.73 Å². The summed E-state index contributed by atoms with van der Waals surface area (Å²) < 4.78 is 0. The maximum absolute atomic E-state index is 6.72. The van der Waals surface area contributed by atoms with Crippen molar-refractivity contribution in [3.8, 4) is 0 Å². The molecule has 0 atom stereocenters. The van der Waals surface area contributed by atoms with Gasteiger partial charge in [-0.25, -0.2) is 0 Å². The van der Waals surface area contributed by atoms with Gasteiger partial charge in [-0.2, -0.15) is 0 Å². The van der Waals surface area contributed by atoms with Crippen LogP contribution in [-0.2, 0) is 5.54 Å². The summed E-state index contributed by atoms with van der Waals surface area (Å²) in [7, 11) is 0. The van der Waals surface area contributed by atoms with E-state index >= 15 is 0 Å². The van der Waals surface area contributed by atoms with Crippen molar-refractivity contribution >= 4 is 0 Å². The fourth-order valence-corrected chi connectivity index (χ4v) is 3.19. The van der Waals surface area contributed by atoms with Gasteiger partial charge in [-0.05, 0) is 54.9 Å². The number of aryl methyl sites for hydroxylation is 1. The van der Waals surface area contributed by atoms with E-state index < -0.39 is 0 Å². The van der Waals surface area contributed by atoms with Crippen molar-refractivity contribution in [3.05, 3.63) is 34.4 Å². The Labute approximate surface area is 112 Å². The molecule has 1 nitrogen and oxygen atoms in total. The quantitative estimate of drug-likeness (QED) is 0.813. The molecule has 2 N–H and O–H groups in total. The molecule has 18 heavy (non-hydrogen) atoms. The van der Waals surface area contributed by atoms with Gasteiger partial charge in [0, 0.05) is 5.54 Å². The molecule has 0 bridgehead atoms. The third-order valence-corrected chi connectivity index (χ3v) is 4.64. The molecule has 1 aromatic carbocycles. The van der Waals surface area contributed by atoms with Crippen molar-refractivity contribution in [2.45, 2.75) is 71.3 Å². The van der Waals surface area contributed by atoms with Gasteiger partial charge >= 0.3 is 0 Å². The van der Waals surface area contributed by atoms with Gasteiger partial charge < -0.3 is 5.73 Å². The average molecular weight is 245 g/mol. The smallest absolute Gasteiger partial charge is 0.0412 e. The van der Waals surface area contributed by atoms with Crippen LogP contribution >= 0.6 is 0 Å². The van der Waals surface area contributed by atoms with Crippen LogP contribution in [0.5, 0.6) is 0 Å². The zero-order chi connectivity index (χ0) is 13.3. The molecule has 1 heteroatoms. The van der Waals surface area contributed by atoms with E-state index in [-0.39, 0.29) is 5.54 Å². The molecule has 0 saturated heterocycles. The Balaban J connectivity index is 2.48. The van der Waals surface area contributed by atoms with Gasteiger partial charge in [0.15, 0.2) is 0 Å². The fourth-order valence-electron chi connectivity index (χ4n) is 3.19. The van der Waals surface area contributed by atoms with Crippen LogP contribution in [0.4, 0.5) is 0 Å². The molecule has 100 valence electrons. The van der Waals surface area contributed by atoms with Gasteiger partial charge in [-0.1, -0.05) is 45.2 Å². The maximum atomic E-state index is 6.72. The van der Waals surface area contributed by atoms with Crippen LogP contribution in [0.2, 0.25) is 0 Å². The van der Waals surface area contributed by atoms with Crippen LogP contribution in [0.15, 0.2) is 12.1 Å². The normalized spacial score (nSPS) is 19.2. The van der Waals surface area contributed by atoms with Crippen LogP contribution in [0.25, 0.3) is 0 Å². The first kappa shape index (κ1) is 13.6. The van der Waals surface area contributed by atoms with E-state index in [1.807, 2.05) is 0 Å². The molecule has 2 rings (SSSR count). The van der Waals surface area contributed by atoms with Crippen molar-refractivity contribution < 1.29 is 0 Å². The number of benzene rings is 1. The summed E-state index contributed by atoms with van der Waals surface area (Å²) in [5.41, 5.74) is 12.3. The van der Waals surface area contributed by atoms with Crippen LogP contribution < -0.4 is 5.73 Å². The lowest BCUT2D eigenvalue weighted by Crippen LogP contribution is -2.39. The lowest BCUT2D eigenvalue weighted by Gasteiger charge is -2.36. The van der Waals surface area contributed by atoms with Gasteiger partial charge in [0.1, 0.15) is 0 Å². The molecule has 1 aliphatic carbocycles. The van der Waals surface area contributed by atoms with E-state index in [1.54, 1.807) is 0 Å². The largest absolute Gasteiger partial charge is 0.321 e. The molecule has 0 heterocycles. The summed E-state index contributed by atoms with van der Waals surface area (Å²) in [4.78, 5) is 0. The van der Waals surface area contributed by atoms with E-state index in [1.165, 1.54) is 41.5 Å². The summed E-state index contributed by atoms with van der Waals surface area (Å²) in [5.74, 6) is 0.579. The van der Waals surface area contributed by atoms with Crippen LogP contribution in [0.1, 0.15) is 74.1 Å². The van der Waals surface area contributed by atoms with E-state index in [9.17, 15) is 0 Å². The van der Waals surface area contributed by atoms with E-state index in [0.29, 0.717) is 5.92 Å². The Morgan fingerprint density at radius 1 is 1.06 bits per heavy atom. The fraction of sp³-hybridized carbons (Fsp3) is 0.647. The second-order valence-corrected chi connectivity index (χ2v) is 6.38. The lowest BCUT2D eigenvalue weighted by atomic mass is 9.74. The predicted octanol–water partition coefficient (Wildman–Crippen LogP) is 4.54. The standard InChI is InChI=1S/C17H27N/c1-12(2)15-10-13(3)14(4)16(11-15)17(18)8-6-5-7-9-17/h10-12H,5-9,18H2,1-4H3. The van der Waals surface area contributed by atoms with Gasteiger partial charge in [-0.15, -0.1) is 0 Å². The summed E-state index contributed by atoms with van der Waals surface area (Å²) in [6.45, 7) is 8.98. The van der Waals surface area contributed by atoms with Crippen molar-refractivity contribution in [2.75, 3.05) is 0 Å². The Morgan fingerprint density at radius 3 is 2.22 bits per heavy atom. The molecule has 0 radical (unpaired) electrons. The first-order chi connectivity index (χ1) is 8.44. The molecule has 1 fully saturated rings. The summed E-state index contributed by atoms with van der Waals surface area (Å²) in [5, 5.41) is 0. The highest BCUT2D eigenvalue weighted by Crippen LogP contribution is 2.38. The third-order valence-electron chi connectivity index (χ3n) is 4.64. The molecule has 1 saturated carbocycles. The molecule has 0 unspecified atom stereocenters. The summed E-state index contributed by atoms with van der Waals surface area (Å²) in [6, 6.07) is 4.70. The molecular weight excluding hydrogens is 218 g/mol. The van der Waals surface area contributed by atoms with Gasteiger partial charge in [0.25, 0.3) is 0 Å². The highest BCUT2D eigenvalue weighted by atomic mass is 14.7. The molecule has 0 aliphatic heterocycles. The van der Waals surface area contributed by atoms with Crippen LogP contribution in [0, 0.1) is 13.8 Å². The first-order valence-electron chi connectivity index (χ1n) is 7.34. The van der Waals surface area contributed by atoms with E-state index in [2.05, 4.69) is 39.8 Å². The number of hydrogen-bond acceptors (Lipinski definition) is 1. The van der Waals surface area contributed by atoms with Gasteiger partial charge in [-0.3, -0.25) is 0 Å². The average Bonchev–Trinajstić information content (AvgIpc) is 2.33. The minimum Gasteiger partial charge on any atom is -0.321 e. The van der Waals surface area contributed by atoms with Crippen molar-refractivity contribution in [3.63, 3.8) is 0 Å². The Hall–Kier alpha value is -0.820. The molecular formula is C17H27N. The molecule has 0 spiro atoms. The van der Waals surface area contributed by atoms with E-state index in [0.717, 1.165) is 12.8 Å². The zero-order valence-corrected chi connectivity index (χ0v) is 12.3. The highest BCUT2D eigenvalue weighted by Gasteiger charge is 2.31. The van der Waals surface area contributed by atoms with Crippen molar-refractivity contribution in [2.24, 2.45) is 5.73 Å². The molecule has 1 aliphatic rings. The van der Waals surface area contributed by atoms with Crippen molar-refractivity contribution in [1.29, 1.82) is 0 Å². The first-order valence-corrected chi connectivity index (χ1v) is 7.34. The molecule has 1 aromatic rings. The van der Waals surface area contributed by atoms with Gasteiger partial charge in [0.05, 0.1) is 0 Å². The Morgan fingerprint density at radius 2 is 1.67 bits per heavy atom. The SMILES string of the molecule is Cc1cc(C(C)C)cc(C2(N)CCCCC2)c1C. The van der Waals surface area contributed by atoms with Crippen LogP contribution in [-0.4, -0.2) is 0 Å². The second-order valence-electron chi connectivity index (χ2n) is 6.38. The molecule has 0 amide bonds. The summed E-state index contributed by atoms with van der Waals surface area (Å²) >= 11 is 0. The number of hydrogen-bond donors (Lipinski definition) is 1. The monoisotopic (exact) mass is 245 g/mol. The Bertz CT molecular complexity index is 425. The number of rotatable bonds is 2. The predicted molar refractivity (Wildman–Crippen MR) is 79.0 cm³/mol. The second kappa shape index (κ2) is 5.05. The zero-order valence-electron chi connectivity index (χ0n) is 12.3. The maximum Gasteiger partial charge on any atom is 0.0412 e. The van der Waals surface area contributed by atoms with Crippen molar-refractivity contribution in [1.82, 2.24) is 0 Å². The number of nitrogens with two attached hydrogens (primary N) is 1. The third kappa shape index (κ3) is 2.47. The Kier molecular flexibility index (Phi) is 3.82. The van der Waals surface area contributed by atoms with Gasteiger partial charge in [0.2, 0.25) is 0 Å². The highest BCUT2D eigenvalue weighted by molar-refractivity contribution is 5.43. The molecule has 0 aromatic heterocycles. The van der Waals surface area contributed by atoms with Crippen LogP contribution in [0.3, 0.4) is 0 Å². The minimum atomic E-state index is -0.0714.